The molecule has 2 saturated heterocycles. The molecule has 1 unspecified atom stereocenters. The summed E-state index contributed by atoms with van der Waals surface area (Å²) < 4.78 is 8.45. The number of pyridine rings is 1. The molecule has 11 nitrogen and oxygen atoms in total. The molecule has 0 radical (unpaired) electrons. The van der Waals surface area contributed by atoms with Crippen LogP contribution in [0.3, 0.4) is 0 Å². The fourth-order valence-corrected chi connectivity index (χ4v) is 5.49. The Hall–Kier alpha value is -4.15. The van der Waals surface area contributed by atoms with Crippen molar-refractivity contribution >= 4 is 34.9 Å². The average Bonchev–Trinajstić information content (AvgIpc) is 3.10. The highest BCUT2D eigenvalue weighted by molar-refractivity contribution is 6.04. The van der Waals surface area contributed by atoms with Gasteiger partial charge in [-0.05, 0) is 50.5 Å². The van der Waals surface area contributed by atoms with E-state index in [-0.39, 0.29) is 30.5 Å². The van der Waals surface area contributed by atoms with E-state index in [1.54, 1.807) is 25.3 Å². The molecule has 39 heavy (non-hydrogen) atoms. The summed E-state index contributed by atoms with van der Waals surface area (Å²) in [7, 11) is 0. The summed E-state index contributed by atoms with van der Waals surface area (Å²) in [6.07, 6.45) is 4.33. The third-order valence-corrected chi connectivity index (χ3v) is 7.52. The van der Waals surface area contributed by atoms with E-state index in [0.717, 1.165) is 30.5 Å². The molecule has 2 aromatic heterocycles. The third kappa shape index (κ3) is 5.81. The van der Waals surface area contributed by atoms with Crippen LogP contribution in [-0.2, 0) is 4.79 Å². The summed E-state index contributed by atoms with van der Waals surface area (Å²) >= 11 is 0. The molecule has 0 saturated carbocycles. The zero-order chi connectivity index (χ0) is 27.5. The molecule has 0 spiro atoms. The Morgan fingerprint density at radius 3 is 2.56 bits per heavy atom. The average molecular weight is 535 g/mol. The number of likely N-dealkylation sites (tertiary alicyclic amines) is 2. The van der Waals surface area contributed by atoms with Crippen LogP contribution in [0.2, 0.25) is 0 Å². The van der Waals surface area contributed by atoms with Crippen LogP contribution in [0.15, 0.2) is 36.5 Å². The highest BCUT2D eigenvalue weighted by Crippen LogP contribution is 2.36. The van der Waals surface area contributed by atoms with Crippen LogP contribution in [-0.4, -0.2) is 79.6 Å². The van der Waals surface area contributed by atoms with Crippen molar-refractivity contribution in [2.45, 2.75) is 58.1 Å². The molecule has 4 heterocycles. The number of fused-ring (bicyclic) bond motifs is 1. The van der Waals surface area contributed by atoms with Gasteiger partial charge in [0.1, 0.15) is 17.4 Å². The summed E-state index contributed by atoms with van der Waals surface area (Å²) in [6, 6.07) is 8.74. The first-order valence-electron chi connectivity index (χ1n) is 13.4. The third-order valence-electron chi connectivity index (χ3n) is 7.52. The second-order valence-electron chi connectivity index (χ2n) is 10.3. The molecular weight excluding hydrogens is 500 g/mol. The van der Waals surface area contributed by atoms with Gasteiger partial charge in [0.05, 0.1) is 11.6 Å². The number of carboxylic acid groups (broad SMARTS) is 1. The molecule has 1 aromatic carbocycles. The molecule has 2 fully saturated rings. The number of carbonyl (C=O) groups is 3. The largest absolute Gasteiger partial charge is 0.488 e. The van der Waals surface area contributed by atoms with Gasteiger partial charge in [0.15, 0.2) is 0 Å². The maximum Gasteiger partial charge on any atom is 0.407 e. The lowest BCUT2D eigenvalue weighted by molar-refractivity contribution is -0.130. The Morgan fingerprint density at radius 2 is 1.85 bits per heavy atom. The van der Waals surface area contributed by atoms with E-state index in [2.05, 4.69) is 10.3 Å². The van der Waals surface area contributed by atoms with Gasteiger partial charge in [-0.2, -0.15) is 0 Å². The number of hydrogen-bond acceptors (Lipinski definition) is 6. The summed E-state index contributed by atoms with van der Waals surface area (Å²) in [5.41, 5.74) is 2.57. The van der Waals surface area contributed by atoms with Gasteiger partial charge in [-0.15, -0.1) is 0 Å². The zero-order valence-corrected chi connectivity index (χ0v) is 22.3. The number of rotatable bonds is 5. The molecule has 0 bridgehead atoms. The van der Waals surface area contributed by atoms with E-state index in [1.807, 2.05) is 34.6 Å². The van der Waals surface area contributed by atoms with Crippen molar-refractivity contribution < 1.29 is 24.2 Å². The van der Waals surface area contributed by atoms with Gasteiger partial charge in [-0.3, -0.25) is 19.9 Å². The van der Waals surface area contributed by atoms with Crippen LogP contribution in [0.5, 0.6) is 5.75 Å². The molecule has 5 rings (SSSR count). The van der Waals surface area contributed by atoms with Gasteiger partial charge in [0.25, 0.3) is 5.91 Å². The Kier molecular flexibility index (Phi) is 7.67. The molecule has 11 heteroatoms. The van der Waals surface area contributed by atoms with Crippen LogP contribution in [0, 0.1) is 6.92 Å². The van der Waals surface area contributed by atoms with E-state index in [1.165, 1.54) is 4.90 Å². The fraction of sp³-hybridized carbons (Fsp3) is 0.464. The smallest absolute Gasteiger partial charge is 0.407 e. The van der Waals surface area contributed by atoms with Gasteiger partial charge in [-0.1, -0.05) is 6.07 Å². The van der Waals surface area contributed by atoms with E-state index in [9.17, 15) is 19.5 Å². The van der Waals surface area contributed by atoms with E-state index in [4.69, 9.17) is 9.72 Å². The number of anilines is 1. The van der Waals surface area contributed by atoms with Crippen molar-refractivity contribution in [3.05, 3.63) is 47.8 Å². The Balaban J connectivity index is 1.53. The first-order valence-corrected chi connectivity index (χ1v) is 13.4. The summed E-state index contributed by atoms with van der Waals surface area (Å²) in [5, 5.41) is 12.8. The van der Waals surface area contributed by atoms with Gasteiger partial charge in [0, 0.05) is 63.4 Å². The Morgan fingerprint density at radius 1 is 1.05 bits per heavy atom. The number of carbonyl (C=O) groups excluding carboxylic acids is 2. The quantitative estimate of drug-likeness (QED) is 0.504. The predicted octanol–water partition coefficient (Wildman–Crippen LogP) is 4.09. The predicted molar refractivity (Wildman–Crippen MR) is 145 cm³/mol. The first kappa shape index (κ1) is 26.5. The minimum Gasteiger partial charge on any atom is -0.488 e. The molecule has 0 aliphatic carbocycles. The minimum atomic E-state index is -0.960. The number of piperidine rings is 1. The fourth-order valence-electron chi connectivity index (χ4n) is 5.49. The molecule has 206 valence electrons. The minimum absolute atomic E-state index is 0.0646. The molecule has 2 N–H and O–H groups in total. The van der Waals surface area contributed by atoms with Gasteiger partial charge < -0.3 is 24.2 Å². The molecule has 3 amide bonds. The Labute approximate surface area is 226 Å². The molecule has 1 atom stereocenters. The lowest BCUT2D eigenvalue weighted by atomic mass is 10.1. The maximum atomic E-state index is 13.2. The van der Waals surface area contributed by atoms with Crippen LogP contribution >= 0.6 is 0 Å². The van der Waals surface area contributed by atoms with Crippen LogP contribution in [0.25, 0.3) is 11.0 Å². The molecule has 3 aromatic rings. The normalized spacial score (nSPS) is 18.6. The van der Waals surface area contributed by atoms with Crippen LogP contribution < -0.4 is 10.1 Å². The number of ether oxygens (including phenoxy) is 1. The first-order chi connectivity index (χ1) is 18.8. The zero-order valence-electron chi connectivity index (χ0n) is 22.3. The number of aromatic nitrogens is 3. The van der Waals surface area contributed by atoms with Crippen LogP contribution in [0.1, 0.15) is 61.1 Å². The van der Waals surface area contributed by atoms with Crippen molar-refractivity contribution in [1.82, 2.24) is 24.3 Å². The Bertz CT molecular complexity index is 1380. The van der Waals surface area contributed by atoms with E-state index >= 15 is 0 Å². The van der Waals surface area contributed by atoms with Crippen molar-refractivity contribution in [1.29, 1.82) is 0 Å². The number of aryl methyl sites for hydroxylation is 1. The summed E-state index contributed by atoms with van der Waals surface area (Å²) in [5.74, 6) is 0.728. The van der Waals surface area contributed by atoms with Gasteiger partial charge in [-0.25, -0.2) is 9.78 Å². The number of para-hydroxylation sites is 1. The second-order valence-corrected chi connectivity index (χ2v) is 10.3. The highest BCUT2D eigenvalue weighted by Gasteiger charge is 2.29. The number of nitrogens with zero attached hydrogens (tertiary/aromatic N) is 5. The second kappa shape index (κ2) is 11.3. The number of hydrogen-bond donors (Lipinski definition) is 2. The van der Waals surface area contributed by atoms with Crippen molar-refractivity contribution in [3.63, 3.8) is 0 Å². The number of nitrogens with one attached hydrogen (secondary N) is 1. The SMILES string of the molecule is CC(=O)N1CCC(Oc2cccc3nc(NC(=O)c4ccnc(C)c4)n(C4CCCCN(C(=O)O)C4)c23)CC1. The molecule has 2 aliphatic heterocycles. The van der Waals surface area contributed by atoms with Gasteiger partial charge >= 0.3 is 6.09 Å². The monoisotopic (exact) mass is 534 g/mol. The summed E-state index contributed by atoms with van der Waals surface area (Å²) in [4.78, 5) is 49.2. The van der Waals surface area contributed by atoms with Gasteiger partial charge in [0.2, 0.25) is 11.9 Å². The number of benzene rings is 1. The van der Waals surface area contributed by atoms with Crippen molar-refractivity contribution in [2.75, 3.05) is 31.5 Å². The highest BCUT2D eigenvalue weighted by atomic mass is 16.5. The lowest BCUT2D eigenvalue weighted by Crippen LogP contribution is -2.40. The van der Waals surface area contributed by atoms with Crippen LogP contribution in [0.4, 0.5) is 10.7 Å². The van der Waals surface area contributed by atoms with E-state index < -0.39 is 6.09 Å². The maximum absolute atomic E-state index is 13.2. The molecule has 2 aliphatic rings. The van der Waals surface area contributed by atoms with E-state index in [0.29, 0.717) is 55.3 Å². The number of amides is 3. The van der Waals surface area contributed by atoms with Crippen molar-refractivity contribution in [2.24, 2.45) is 0 Å². The lowest BCUT2D eigenvalue weighted by Gasteiger charge is -2.32. The van der Waals surface area contributed by atoms with Crippen molar-refractivity contribution in [3.8, 4) is 5.75 Å². The topological polar surface area (TPSA) is 130 Å². The standard InChI is InChI=1S/C28H34N6O5/c1-18-16-20(9-12-29-18)26(36)31-27-30-23-7-5-8-24(39-22-10-14-32(15-11-22)19(2)35)25(23)34(27)21-6-3-4-13-33(17-21)28(37)38/h5,7-9,12,16,21-22H,3-4,6,10-11,13-15,17H2,1-2H3,(H,37,38)(H,30,31,36). The summed E-state index contributed by atoms with van der Waals surface area (Å²) in [6.45, 7) is 5.42. The molecular formula is C28H34N6O5. The number of imidazole rings is 1.